The van der Waals surface area contributed by atoms with Crippen LogP contribution in [0.25, 0.3) is 0 Å². The lowest BCUT2D eigenvalue weighted by Gasteiger charge is -2.21. The van der Waals surface area contributed by atoms with E-state index in [1.165, 1.54) is 20.2 Å². The molecule has 3 atom stereocenters. The zero-order valence-corrected chi connectivity index (χ0v) is 25.4. The van der Waals surface area contributed by atoms with Gasteiger partial charge in [-0.2, -0.15) is 13.0 Å². The molecule has 232 valence electrons. The zero-order valence-electron chi connectivity index (χ0n) is 24.6. The van der Waals surface area contributed by atoms with Crippen molar-refractivity contribution in [3.63, 3.8) is 0 Å². The number of hydrogen-bond acceptors (Lipinski definition) is 13. The van der Waals surface area contributed by atoms with Gasteiger partial charge in [0.05, 0.1) is 24.7 Å². The van der Waals surface area contributed by atoms with Gasteiger partial charge in [0.25, 0.3) is 15.7 Å². The van der Waals surface area contributed by atoms with Gasteiger partial charge >= 0.3 is 11.8 Å². The van der Waals surface area contributed by atoms with Gasteiger partial charge in [-0.05, 0) is 41.0 Å². The highest BCUT2D eigenvalue weighted by Gasteiger charge is 2.41. The Balaban J connectivity index is 1.71. The lowest BCUT2D eigenvalue weighted by atomic mass is 10.2. The topological polar surface area (TPSA) is 160 Å². The first-order valence-corrected chi connectivity index (χ1v) is 14.9. The second-order valence-corrected chi connectivity index (χ2v) is 12.5. The fourth-order valence-corrected chi connectivity index (χ4v) is 5.47. The van der Waals surface area contributed by atoms with Gasteiger partial charge in [-0.3, -0.25) is 23.6 Å². The third-order valence-corrected chi connectivity index (χ3v) is 7.54. The van der Waals surface area contributed by atoms with E-state index in [0.717, 1.165) is 10.3 Å². The Hall–Kier alpha value is -2.76. The first kappa shape index (κ1) is 32.8. The third-order valence-electron chi connectivity index (χ3n) is 6.21. The van der Waals surface area contributed by atoms with Crippen molar-refractivity contribution in [3.8, 4) is 0 Å². The second-order valence-electron chi connectivity index (χ2n) is 10.8. The first-order chi connectivity index (χ1) is 19.2. The molecular formula is C25H41N5O10S. The van der Waals surface area contributed by atoms with E-state index in [2.05, 4.69) is 5.53 Å². The largest absolute Gasteiger partial charge is 0.443 e. The van der Waals surface area contributed by atoms with Gasteiger partial charge in [-0.25, -0.2) is 9.59 Å². The Kier molecular flexibility index (Phi) is 10.8. The van der Waals surface area contributed by atoms with Crippen LogP contribution in [0.2, 0.25) is 0 Å². The Labute approximate surface area is 239 Å². The van der Waals surface area contributed by atoms with Crippen molar-refractivity contribution < 1.29 is 36.3 Å². The highest BCUT2D eigenvalue weighted by atomic mass is 32.2. The SMILES string of the molecule is CCOCC1=CN(CCCS(=O)(=O)OC2C[C@H](n3cc(C)c(=O)n(C(=O)OC(C)(C)C)c3=O)O[C@@H]2COC)NN1C. The van der Waals surface area contributed by atoms with E-state index >= 15 is 0 Å². The molecule has 1 aromatic rings. The Morgan fingerprint density at radius 1 is 1.24 bits per heavy atom. The summed E-state index contributed by atoms with van der Waals surface area (Å²) in [5, 5.41) is 3.56. The highest BCUT2D eigenvalue weighted by Crippen LogP contribution is 2.31. The van der Waals surface area contributed by atoms with Gasteiger partial charge in [0, 0.05) is 51.7 Å². The highest BCUT2D eigenvalue weighted by molar-refractivity contribution is 7.86. The average molecular weight is 604 g/mol. The van der Waals surface area contributed by atoms with Gasteiger partial charge in [-0.15, -0.1) is 5.53 Å². The van der Waals surface area contributed by atoms with Crippen molar-refractivity contribution in [2.75, 3.05) is 46.3 Å². The van der Waals surface area contributed by atoms with Crippen LogP contribution >= 0.6 is 0 Å². The molecule has 3 rings (SSSR count). The van der Waals surface area contributed by atoms with Crippen LogP contribution in [-0.2, 0) is 33.2 Å². The Morgan fingerprint density at radius 3 is 2.59 bits per heavy atom. The van der Waals surface area contributed by atoms with Gasteiger partial charge in [-0.1, -0.05) is 0 Å². The Bertz CT molecular complexity index is 1330. The first-order valence-electron chi connectivity index (χ1n) is 13.3. The fraction of sp³-hybridized carbons (Fsp3) is 0.720. The molecule has 0 aliphatic carbocycles. The van der Waals surface area contributed by atoms with E-state index in [-0.39, 0.29) is 30.8 Å². The van der Waals surface area contributed by atoms with Crippen LogP contribution in [0.3, 0.4) is 0 Å². The minimum Gasteiger partial charge on any atom is -0.443 e. The van der Waals surface area contributed by atoms with Crippen molar-refractivity contribution >= 4 is 16.2 Å². The number of ether oxygens (including phenoxy) is 4. The number of nitrogens with zero attached hydrogens (tertiary/aromatic N) is 4. The summed E-state index contributed by atoms with van der Waals surface area (Å²) in [6.45, 7) is 9.58. The van der Waals surface area contributed by atoms with Gasteiger partial charge in [0.15, 0.2) is 0 Å². The standard InChI is InChI=1S/C25H41N5O10S/c1-8-37-15-18-14-28(26-27(18)6)10-9-11-41(34,35)40-19-12-21(38-20(19)16-36-7)29-13-17(2)22(31)30(23(29)32)24(33)39-25(3,4)5/h13-14,19-21,26H,8-12,15-16H2,1-7H3/t19?,20-,21-/m1/s1. The monoisotopic (exact) mass is 603 g/mol. The maximum absolute atomic E-state index is 13.2. The normalized spacial score (nSPS) is 21.4. The molecular weight excluding hydrogens is 562 g/mol. The number of hydrogen-bond donors (Lipinski definition) is 1. The molecule has 41 heavy (non-hydrogen) atoms. The number of likely N-dealkylation sites (N-methyl/N-ethyl adjacent to an activating group) is 1. The molecule has 0 amide bonds. The minimum atomic E-state index is -3.99. The quantitative estimate of drug-likeness (QED) is 0.333. The van der Waals surface area contributed by atoms with Crippen LogP contribution in [0.1, 0.15) is 52.3 Å². The molecule has 1 unspecified atom stereocenters. The number of carbonyl (C=O) groups excluding carboxylic acids is 1. The number of methoxy groups -OCH3 is 1. The number of rotatable bonds is 12. The predicted molar refractivity (Wildman–Crippen MR) is 147 cm³/mol. The average Bonchev–Trinajstić information content (AvgIpc) is 3.41. The number of nitrogens with one attached hydrogen (secondary N) is 1. The van der Waals surface area contributed by atoms with E-state index in [4.69, 9.17) is 23.1 Å². The molecule has 3 heterocycles. The van der Waals surface area contributed by atoms with Gasteiger partial charge < -0.3 is 18.9 Å². The maximum Gasteiger partial charge on any atom is 0.425 e. The smallest absolute Gasteiger partial charge is 0.425 e. The molecule has 0 aromatic carbocycles. The number of aromatic nitrogens is 2. The molecule has 1 N–H and O–H groups in total. The summed E-state index contributed by atoms with van der Waals surface area (Å²) >= 11 is 0. The lowest BCUT2D eigenvalue weighted by molar-refractivity contribution is -0.0508. The van der Waals surface area contributed by atoms with E-state index < -0.39 is 51.5 Å². The second kappa shape index (κ2) is 13.5. The summed E-state index contributed by atoms with van der Waals surface area (Å²) in [5.74, 6) is -0.257. The summed E-state index contributed by atoms with van der Waals surface area (Å²) in [7, 11) is -0.725. The molecule has 0 radical (unpaired) electrons. The summed E-state index contributed by atoms with van der Waals surface area (Å²) in [6.07, 6.45) is -0.582. The van der Waals surface area contributed by atoms with Crippen molar-refractivity contribution in [1.29, 1.82) is 0 Å². The molecule has 0 saturated carbocycles. The number of carbonyl (C=O) groups is 1. The van der Waals surface area contributed by atoms with E-state index in [1.54, 1.807) is 30.8 Å². The van der Waals surface area contributed by atoms with Crippen molar-refractivity contribution in [2.45, 2.75) is 71.5 Å². The van der Waals surface area contributed by atoms with Crippen LogP contribution in [0.4, 0.5) is 4.79 Å². The van der Waals surface area contributed by atoms with Crippen LogP contribution in [0, 0.1) is 6.92 Å². The molecule has 1 saturated heterocycles. The van der Waals surface area contributed by atoms with Gasteiger partial charge in [0.2, 0.25) is 0 Å². The number of hydrazine groups is 2. The fourth-order valence-electron chi connectivity index (χ4n) is 4.31. The van der Waals surface area contributed by atoms with Crippen LogP contribution in [0.5, 0.6) is 0 Å². The van der Waals surface area contributed by atoms with Crippen LogP contribution in [-0.4, -0.2) is 97.7 Å². The van der Waals surface area contributed by atoms with E-state index in [1.807, 2.05) is 20.2 Å². The molecule has 1 aromatic heterocycles. The molecule has 0 bridgehead atoms. The molecule has 0 spiro atoms. The van der Waals surface area contributed by atoms with Crippen LogP contribution in [0.15, 0.2) is 27.7 Å². The summed E-state index contributed by atoms with van der Waals surface area (Å²) in [5.41, 5.74) is 1.36. The third kappa shape index (κ3) is 8.62. The summed E-state index contributed by atoms with van der Waals surface area (Å²) in [4.78, 5) is 38.5. The Morgan fingerprint density at radius 2 is 1.95 bits per heavy atom. The zero-order chi connectivity index (χ0) is 30.5. The predicted octanol–water partition coefficient (Wildman–Crippen LogP) is 0.686. The summed E-state index contributed by atoms with van der Waals surface area (Å²) < 4.78 is 54.5. The summed E-state index contributed by atoms with van der Waals surface area (Å²) in [6, 6.07) is 0. The number of aryl methyl sites for hydroxylation is 1. The minimum absolute atomic E-state index is 0.00639. The van der Waals surface area contributed by atoms with Crippen LogP contribution < -0.4 is 16.8 Å². The van der Waals surface area contributed by atoms with Crippen molar-refractivity contribution in [2.24, 2.45) is 0 Å². The van der Waals surface area contributed by atoms with Gasteiger partial charge in [0.1, 0.15) is 24.0 Å². The molecule has 2 aliphatic rings. The van der Waals surface area contributed by atoms with E-state index in [0.29, 0.717) is 24.3 Å². The lowest BCUT2D eigenvalue weighted by Crippen LogP contribution is -2.47. The molecule has 15 nitrogen and oxygen atoms in total. The molecule has 1 fully saturated rings. The molecule has 16 heteroatoms. The van der Waals surface area contributed by atoms with Crippen molar-refractivity contribution in [3.05, 3.63) is 44.5 Å². The molecule has 2 aliphatic heterocycles. The van der Waals surface area contributed by atoms with E-state index in [9.17, 15) is 22.8 Å². The van der Waals surface area contributed by atoms with Crippen molar-refractivity contribution in [1.82, 2.24) is 24.7 Å². The maximum atomic E-state index is 13.2.